The summed E-state index contributed by atoms with van der Waals surface area (Å²) in [5, 5.41) is 15.5. The molecule has 0 aliphatic rings. The summed E-state index contributed by atoms with van der Waals surface area (Å²) in [4.78, 5) is 8.61. The van der Waals surface area contributed by atoms with Gasteiger partial charge in [0.25, 0.3) is 0 Å². The van der Waals surface area contributed by atoms with E-state index in [0.717, 1.165) is 33.5 Å². The summed E-state index contributed by atoms with van der Waals surface area (Å²) >= 11 is 0. The highest BCUT2D eigenvalue weighted by atomic mass is 16.5. The number of aryl methyl sites for hydroxylation is 1. The van der Waals surface area contributed by atoms with Crippen molar-refractivity contribution < 1.29 is 9.84 Å². The molecule has 2 heterocycles. The maximum atomic E-state index is 11.1. The van der Waals surface area contributed by atoms with E-state index in [1.54, 1.807) is 18.6 Å². The van der Waals surface area contributed by atoms with Gasteiger partial charge in [-0.05, 0) is 61.4 Å². The number of hydrogen-bond acceptors (Lipinski definition) is 5. The first-order valence-corrected chi connectivity index (χ1v) is 9.64. The average Bonchev–Trinajstić information content (AvgIpc) is 2.76. The maximum Gasteiger partial charge on any atom is 0.147 e. The standard InChI is InChI=1S/C24H23N3O2/c1-3-29-19-10-8-17(9-11-19)22(27-18-6-4-12-25-15-18)21-14-16(2)20-7-5-13-26-23(20)24(21)28/h4-15,22,27-28H,3H2,1-2H3. The summed E-state index contributed by atoms with van der Waals surface area (Å²) in [6.45, 7) is 4.61. The van der Waals surface area contributed by atoms with Crippen molar-refractivity contribution in [3.05, 3.63) is 89.9 Å². The molecule has 0 amide bonds. The van der Waals surface area contributed by atoms with Crippen molar-refractivity contribution in [3.8, 4) is 11.5 Å². The first kappa shape index (κ1) is 18.7. The minimum absolute atomic E-state index is 0.182. The summed E-state index contributed by atoms with van der Waals surface area (Å²) in [7, 11) is 0. The highest BCUT2D eigenvalue weighted by Gasteiger charge is 2.21. The highest BCUT2D eigenvalue weighted by Crippen LogP contribution is 2.38. The number of nitrogens with zero attached hydrogens (tertiary/aromatic N) is 2. The second-order valence-electron chi connectivity index (χ2n) is 6.85. The second-order valence-corrected chi connectivity index (χ2v) is 6.85. The molecule has 1 atom stereocenters. The number of anilines is 1. The number of phenolic OH excluding ortho intramolecular Hbond substituents is 1. The van der Waals surface area contributed by atoms with Crippen molar-refractivity contribution in [1.29, 1.82) is 0 Å². The Morgan fingerprint density at radius 2 is 1.86 bits per heavy atom. The molecule has 2 aromatic heterocycles. The van der Waals surface area contributed by atoms with E-state index in [4.69, 9.17) is 4.74 Å². The Morgan fingerprint density at radius 1 is 1.07 bits per heavy atom. The lowest BCUT2D eigenvalue weighted by atomic mass is 9.94. The Labute approximate surface area is 170 Å². The zero-order valence-corrected chi connectivity index (χ0v) is 16.5. The van der Waals surface area contributed by atoms with Crippen molar-refractivity contribution in [2.24, 2.45) is 0 Å². The fourth-order valence-corrected chi connectivity index (χ4v) is 3.53. The number of nitrogens with one attached hydrogen (secondary N) is 1. The fourth-order valence-electron chi connectivity index (χ4n) is 3.53. The van der Waals surface area contributed by atoms with E-state index in [-0.39, 0.29) is 11.8 Å². The van der Waals surface area contributed by atoms with Gasteiger partial charge in [-0.2, -0.15) is 0 Å². The van der Waals surface area contributed by atoms with E-state index in [1.165, 1.54) is 0 Å². The molecular formula is C24H23N3O2. The van der Waals surface area contributed by atoms with Crippen LogP contribution in [-0.4, -0.2) is 21.7 Å². The third-order valence-corrected chi connectivity index (χ3v) is 4.91. The molecule has 4 rings (SSSR count). The van der Waals surface area contributed by atoms with Crippen molar-refractivity contribution in [1.82, 2.24) is 9.97 Å². The molecule has 29 heavy (non-hydrogen) atoms. The lowest BCUT2D eigenvalue weighted by molar-refractivity contribution is 0.340. The normalized spacial score (nSPS) is 11.9. The molecule has 4 aromatic rings. The van der Waals surface area contributed by atoms with Crippen LogP contribution in [0, 0.1) is 6.92 Å². The Balaban J connectivity index is 1.84. The lowest BCUT2D eigenvalue weighted by Gasteiger charge is -2.23. The number of pyridine rings is 2. The predicted molar refractivity (Wildman–Crippen MR) is 115 cm³/mol. The molecule has 146 valence electrons. The minimum Gasteiger partial charge on any atom is -0.505 e. The Bertz CT molecular complexity index is 1110. The average molecular weight is 385 g/mol. The van der Waals surface area contributed by atoms with Gasteiger partial charge in [-0.1, -0.05) is 18.2 Å². The number of ether oxygens (including phenoxy) is 1. The first-order chi connectivity index (χ1) is 14.2. The van der Waals surface area contributed by atoms with Crippen LogP contribution in [0.2, 0.25) is 0 Å². The third-order valence-electron chi connectivity index (χ3n) is 4.91. The predicted octanol–water partition coefficient (Wildman–Crippen LogP) is 5.24. The van der Waals surface area contributed by atoms with E-state index >= 15 is 0 Å². The minimum atomic E-state index is -0.278. The zero-order chi connectivity index (χ0) is 20.2. The van der Waals surface area contributed by atoms with Crippen molar-refractivity contribution in [2.75, 3.05) is 11.9 Å². The van der Waals surface area contributed by atoms with Gasteiger partial charge < -0.3 is 15.2 Å². The Hall–Kier alpha value is -3.60. The molecule has 0 spiro atoms. The van der Waals surface area contributed by atoms with Crippen molar-refractivity contribution >= 4 is 16.6 Å². The van der Waals surface area contributed by atoms with E-state index in [2.05, 4.69) is 15.3 Å². The molecule has 2 aromatic carbocycles. The summed E-state index contributed by atoms with van der Waals surface area (Å²) in [6, 6.07) is 17.3. The monoisotopic (exact) mass is 385 g/mol. The smallest absolute Gasteiger partial charge is 0.147 e. The molecule has 0 saturated heterocycles. The molecule has 0 aliphatic carbocycles. The molecule has 5 heteroatoms. The number of fused-ring (bicyclic) bond motifs is 1. The van der Waals surface area contributed by atoms with E-state index < -0.39 is 0 Å². The second kappa shape index (κ2) is 8.19. The zero-order valence-electron chi connectivity index (χ0n) is 16.5. The van der Waals surface area contributed by atoms with Gasteiger partial charge in [0.2, 0.25) is 0 Å². The van der Waals surface area contributed by atoms with Gasteiger partial charge in [-0.3, -0.25) is 9.97 Å². The molecular weight excluding hydrogens is 362 g/mol. The molecule has 0 saturated carbocycles. The summed E-state index contributed by atoms with van der Waals surface area (Å²) < 4.78 is 5.58. The van der Waals surface area contributed by atoms with Gasteiger partial charge in [0.15, 0.2) is 0 Å². The Kier molecular flexibility index (Phi) is 5.29. The van der Waals surface area contributed by atoms with Crippen molar-refractivity contribution in [3.63, 3.8) is 0 Å². The molecule has 0 aliphatic heterocycles. The topological polar surface area (TPSA) is 67.3 Å². The largest absolute Gasteiger partial charge is 0.505 e. The van der Waals surface area contributed by atoms with E-state index in [9.17, 15) is 5.11 Å². The molecule has 1 unspecified atom stereocenters. The van der Waals surface area contributed by atoms with Crippen LogP contribution < -0.4 is 10.1 Å². The van der Waals surface area contributed by atoms with Gasteiger partial charge in [0, 0.05) is 29.5 Å². The van der Waals surface area contributed by atoms with Crippen LogP contribution in [0.4, 0.5) is 5.69 Å². The lowest BCUT2D eigenvalue weighted by Crippen LogP contribution is -2.13. The fraction of sp³-hybridized carbons (Fsp3) is 0.167. The number of hydrogen-bond donors (Lipinski definition) is 2. The van der Waals surface area contributed by atoms with Crippen LogP contribution in [0.25, 0.3) is 10.9 Å². The molecule has 0 bridgehead atoms. The van der Waals surface area contributed by atoms with Crippen LogP contribution >= 0.6 is 0 Å². The summed E-state index contributed by atoms with van der Waals surface area (Å²) in [5.41, 5.74) is 4.30. The SMILES string of the molecule is CCOc1ccc(C(Nc2cccnc2)c2cc(C)c3cccnc3c2O)cc1. The van der Waals surface area contributed by atoms with Gasteiger partial charge in [-0.15, -0.1) is 0 Å². The first-order valence-electron chi connectivity index (χ1n) is 9.64. The van der Waals surface area contributed by atoms with Crippen LogP contribution in [0.1, 0.15) is 29.7 Å². The third kappa shape index (κ3) is 3.85. The van der Waals surface area contributed by atoms with Crippen LogP contribution in [0.15, 0.2) is 73.2 Å². The van der Waals surface area contributed by atoms with E-state index in [1.807, 2.05) is 68.4 Å². The number of aromatic hydroxyl groups is 1. The molecule has 5 nitrogen and oxygen atoms in total. The highest BCUT2D eigenvalue weighted by molar-refractivity contribution is 5.89. The quantitative estimate of drug-likeness (QED) is 0.475. The van der Waals surface area contributed by atoms with E-state index in [0.29, 0.717) is 12.1 Å². The van der Waals surface area contributed by atoms with Gasteiger partial charge in [0.05, 0.1) is 18.3 Å². The van der Waals surface area contributed by atoms with Gasteiger partial charge in [-0.25, -0.2) is 0 Å². The van der Waals surface area contributed by atoms with Gasteiger partial charge in [0.1, 0.15) is 17.0 Å². The Morgan fingerprint density at radius 3 is 2.59 bits per heavy atom. The number of phenols is 1. The van der Waals surface area contributed by atoms with Crippen molar-refractivity contribution in [2.45, 2.75) is 19.9 Å². The van der Waals surface area contributed by atoms with Crippen LogP contribution in [0.3, 0.4) is 0 Å². The molecule has 2 N–H and O–H groups in total. The van der Waals surface area contributed by atoms with Crippen LogP contribution in [0.5, 0.6) is 11.5 Å². The van der Waals surface area contributed by atoms with Gasteiger partial charge >= 0.3 is 0 Å². The number of benzene rings is 2. The number of aromatic nitrogens is 2. The van der Waals surface area contributed by atoms with Crippen LogP contribution in [-0.2, 0) is 0 Å². The molecule has 0 radical (unpaired) electrons. The summed E-state index contributed by atoms with van der Waals surface area (Å²) in [5.74, 6) is 0.999. The maximum absolute atomic E-state index is 11.1. The molecule has 0 fully saturated rings. The number of rotatable bonds is 6. The summed E-state index contributed by atoms with van der Waals surface area (Å²) in [6.07, 6.45) is 5.20.